The first-order valence-electron chi connectivity index (χ1n) is 16.1. The number of likely N-dealkylation sites (tertiary alicyclic amines) is 1. The van der Waals surface area contributed by atoms with Gasteiger partial charge in [0.15, 0.2) is 5.83 Å². The molecular formula is C36H39F2N7O2. The number of benzene rings is 2. The Morgan fingerprint density at radius 1 is 1.11 bits per heavy atom. The van der Waals surface area contributed by atoms with Crippen LogP contribution >= 0.6 is 0 Å². The fourth-order valence-corrected chi connectivity index (χ4v) is 7.19. The number of halogens is 2. The molecule has 1 amide bonds. The third-order valence-electron chi connectivity index (χ3n) is 9.81. The molecule has 2 fully saturated rings. The van der Waals surface area contributed by atoms with E-state index in [4.69, 9.17) is 9.72 Å². The first-order chi connectivity index (χ1) is 22.6. The third-order valence-corrected chi connectivity index (χ3v) is 9.81. The Bertz CT molecular complexity index is 1790. The van der Waals surface area contributed by atoms with Crippen molar-refractivity contribution < 1.29 is 18.3 Å². The SMILES string of the molecule is C=C(F)C(=O)N1CCN(c2c(C#N)c(OCC3(F)CCN(C)CC3)nc3c2CCN(c2cccc4cccc(C)c24)C3)CC1CC#N. The van der Waals surface area contributed by atoms with E-state index in [0.29, 0.717) is 57.7 Å². The van der Waals surface area contributed by atoms with Crippen LogP contribution in [0.25, 0.3) is 10.8 Å². The predicted octanol–water partition coefficient (Wildman–Crippen LogP) is 5.20. The molecule has 3 aromatic rings. The summed E-state index contributed by atoms with van der Waals surface area (Å²) in [4.78, 5) is 25.2. The number of carbonyl (C=O) groups is 1. The molecule has 3 aliphatic heterocycles. The maximum Gasteiger partial charge on any atom is 0.282 e. The summed E-state index contributed by atoms with van der Waals surface area (Å²) in [6, 6.07) is 16.3. The van der Waals surface area contributed by atoms with Crippen LogP contribution < -0.4 is 14.5 Å². The molecule has 0 N–H and O–H groups in total. The fourth-order valence-electron chi connectivity index (χ4n) is 7.19. The van der Waals surface area contributed by atoms with Crippen LogP contribution in [0.5, 0.6) is 5.88 Å². The van der Waals surface area contributed by atoms with Gasteiger partial charge in [0.1, 0.15) is 23.9 Å². The summed E-state index contributed by atoms with van der Waals surface area (Å²) in [5.41, 5.74) is 3.17. The van der Waals surface area contributed by atoms with Gasteiger partial charge >= 0.3 is 0 Å². The van der Waals surface area contributed by atoms with Crippen LogP contribution in [-0.2, 0) is 17.8 Å². The van der Waals surface area contributed by atoms with Crippen molar-refractivity contribution >= 4 is 28.1 Å². The summed E-state index contributed by atoms with van der Waals surface area (Å²) in [5.74, 6) is -1.83. The second kappa shape index (κ2) is 13.2. The zero-order valence-electron chi connectivity index (χ0n) is 26.9. The second-order valence-electron chi connectivity index (χ2n) is 12.9. The number of amides is 1. The van der Waals surface area contributed by atoms with Crippen molar-refractivity contribution in [3.63, 3.8) is 0 Å². The van der Waals surface area contributed by atoms with Gasteiger partial charge in [-0.2, -0.15) is 10.5 Å². The van der Waals surface area contributed by atoms with Crippen molar-refractivity contribution in [2.75, 3.05) is 62.7 Å². The molecule has 6 rings (SSSR count). The van der Waals surface area contributed by atoms with Crippen LogP contribution in [0.4, 0.5) is 20.2 Å². The Balaban J connectivity index is 1.40. The standard InChI is InChI=1S/C36H39F2N7O2/c1-24-6-4-7-26-8-5-9-31(32(24)26)43-15-11-28-30(22-43)41-34(47-23-36(38)12-16-42(3)17-13-36)29(20-40)33(28)44-18-19-45(35(46)25(2)37)27(21-44)10-14-39/h4-9,27H,2,10-13,15-19,21-23H2,1,3H3. The number of pyridine rings is 1. The second-order valence-corrected chi connectivity index (χ2v) is 12.9. The molecule has 0 spiro atoms. The summed E-state index contributed by atoms with van der Waals surface area (Å²) < 4.78 is 35.9. The van der Waals surface area contributed by atoms with Crippen LogP contribution in [0.1, 0.15) is 41.6 Å². The topological polar surface area (TPSA) is 99.7 Å². The maximum atomic E-state index is 15.9. The molecule has 2 saturated heterocycles. The Labute approximate surface area is 274 Å². The molecule has 2 aromatic carbocycles. The van der Waals surface area contributed by atoms with Crippen molar-refractivity contribution in [3.8, 4) is 18.0 Å². The molecule has 1 aromatic heterocycles. The minimum absolute atomic E-state index is 0.0128. The zero-order valence-corrected chi connectivity index (χ0v) is 26.9. The quantitative estimate of drug-likeness (QED) is 0.325. The lowest BCUT2D eigenvalue weighted by Crippen LogP contribution is -2.55. The van der Waals surface area contributed by atoms with Crippen molar-refractivity contribution in [3.05, 3.63) is 71.2 Å². The van der Waals surface area contributed by atoms with Gasteiger partial charge in [0.05, 0.1) is 36.5 Å². The summed E-state index contributed by atoms with van der Waals surface area (Å²) >= 11 is 0. The monoisotopic (exact) mass is 639 g/mol. The van der Waals surface area contributed by atoms with E-state index in [2.05, 4.69) is 59.7 Å². The van der Waals surface area contributed by atoms with E-state index >= 15 is 4.39 Å². The summed E-state index contributed by atoms with van der Waals surface area (Å²) in [7, 11) is 1.96. The van der Waals surface area contributed by atoms with Crippen molar-refractivity contribution in [2.45, 2.75) is 50.9 Å². The number of nitriles is 2. The minimum atomic E-state index is -1.54. The first-order valence-corrected chi connectivity index (χ1v) is 16.1. The summed E-state index contributed by atoms with van der Waals surface area (Å²) in [5, 5.41) is 22.4. The lowest BCUT2D eigenvalue weighted by molar-refractivity contribution is -0.131. The molecule has 47 heavy (non-hydrogen) atoms. The normalized spacial score (nSPS) is 19.5. The number of ether oxygens (including phenoxy) is 1. The van der Waals surface area contributed by atoms with Crippen LogP contribution in [0, 0.1) is 29.6 Å². The molecule has 0 bridgehead atoms. The van der Waals surface area contributed by atoms with Crippen molar-refractivity contribution in [2.24, 2.45) is 0 Å². The molecule has 1 unspecified atom stereocenters. The lowest BCUT2D eigenvalue weighted by atomic mass is 9.94. The number of piperazine rings is 1. The number of hydrogen-bond acceptors (Lipinski definition) is 8. The van der Waals surface area contributed by atoms with Gasteiger partial charge in [0, 0.05) is 55.9 Å². The van der Waals surface area contributed by atoms with Gasteiger partial charge < -0.3 is 24.3 Å². The number of aromatic nitrogens is 1. The molecule has 0 saturated carbocycles. The van der Waals surface area contributed by atoms with E-state index < -0.39 is 23.4 Å². The van der Waals surface area contributed by atoms with E-state index in [9.17, 15) is 19.7 Å². The molecule has 9 nitrogen and oxygen atoms in total. The Morgan fingerprint density at radius 3 is 2.55 bits per heavy atom. The van der Waals surface area contributed by atoms with E-state index in [1.54, 1.807) is 0 Å². The number of carbonyl (C=O) groups excluding carboxylic acids is 1. The average molecular weight is 640 g/mol. The molecule has 4 heterocycles. The predicted molar refractivity (Wildman–Crippen MR) is 177 cm³/mol. The van der Waals surface area contributed by atoms with Crippen molar-refractivity contribution in [1.29, 1.82) is 10.5 Å². The van der Waals surface area contributed by atoms with Gasteiger partial charge in [-0.3, -0.25) is 4.79 Å². The van der Waals surface area contributed by atoms with Crippen LogP contribution in [0.15, 0.2) is 48.8 Å². The number of fused-ring (bicyclic) bond motifs is 2. The first kappa shape index (κ1) is 32.2. The number of anilines is 2. The molecule has 11 heteroatoms. The number of rotatable bonds is 7. The van der Waals surface area contributed by atoms with Gasteiger partial charge in [0.2, 0.25) is 5.88 Å². The van der Waals surface area contributed by atoms with Gasteiger partial charge in [-0.15, -0.1) is 0 Å². The largest absolute Gasteiger partial charge is 0.473 e. The third kappa shape index (κ3) is 6.33. The number of alkyl halides is 1. The maximum absolute atomic E-state index is 15.9. The van der Waals surface area contributed by atoms with Crippen LogP contribution in [0.2, 0.25) is 0 Å². The Kier molecular flexibility index (Phi) is 9.03. The minimum Gasteiger partial charge on any atom is -0.473 e. The number of aryl methyl sites for hydroxylation is 1. The number of piperidine rings is 1. The molecule has 244 valence electrons. The molecule has 3 aliphatic rings. The number of hydrogen-bond donors (Lipinski definition) is 0. The highest BCUT2D eigenvalue weighted by Gasteiger charge is 2.38. The van der Waals surface area contributed by atoms with E-state index in [1.165, 1.54) is 15.8 Å². The highest BCUT2D eigenvalue weighted by Crippen LogP contribution is 2.40. The Morgan fingerprint density at radius 2 is 1.85 bits per heavy atom. The Hall–Kier alpha value is -4.74. The molecule has 0 aliphatic carbocycles. The highest BCUT2D eigenvalue weighted by atomic mass is 19.1. The van der Waals surface area contributed by atoms with E-state index in [1.807, 2.05) is 24.1 Å². The summed E-state index contributed by atoms with van der Waals surface area (Å²) in [6.07, 6.45) is 1.21. The average Bonchev–Trinajstić information content (AvgIpc) is 3.07. The van der Waals surface area contributed by atoms with Gasteiger partial charge in [-0.05, 0) is 50.2 Å². The lowest BCUT2D eigenvalue weighted by Gasteiger charge is -2.43. The van der Waals surface area contributed by atoms with E-state index in [-0.39, 0.29) is 37.6 Å². The molecule has 0 radical (unpaired) electrons. The van der Waals surface area contributed by atoms with Crippen LogP contribution in [-0.4, -0.2) is 85.3 Å². The smallest absolute Gasteiger partial charge is 0.282 e. The molecule has 1 atom stereocenters. The number of nitrogens with zero attached hydrogens (tertiary/aromatic N) is 7. The summed E-state index contributed by atoms with van der Waals surface area (Å²) in [6.45, 7) is 8.05. The van der Waals surface area contributed by atoms with Gasteiger partial charge in [0.25, 0.3) is 5.91 Å². The fraction of sp³-hybridized carbons (Fsp3) is 0.444. The van der Waals surface area contributed by atoms with Gasteiger partial charge in [-0.25, -0.2) is 13.8 Å². The molecular weight excluding hydrogens is 600 g/mol. The van der Waals surface area contributed by atoms with Crippen molar-refractivity contribution in [1.82, 2.24) is 14.8 Å². The zero-order chi connectivity index (χ0) is 33.3. The van der Waals surface area contributed by atoms with Gasteiger partial charge in [-0.1, -0.05) is 36.9 Å². The van der Waals surface area contributed by atoms with Crippen LogP contribution in [0.3, 0.4) is 0 Å². The van der Waals surface area contributed by atoms with E-state index in [0.717, 1.165) is 22.3 Å². The highest BCUT2D eigenvalue weighted by molar-refractivity contribution is 5.97.